The SMILES string of the molecule is CCN1C(=O)CCC1C(=O)NC1CCc2cc(Br)ccc2NC1=O. The predicted molar refractivity (Wildman–Crippen MR) is 93.4 cm³/mol. The van der Waals surface area contributed by atoms with Crippen molar-refractivity contribution in [1.82, 2.24) is 10.2 Å². The van der Waals surface area contributed by atoms with Crippen molar-refractivity contribution >= 4 is 39.3 Å². The minimum absolute atomic E-state index is 0.000207. The lowest BCUT2D eigenvalue weighted by Crippen LogP contribution is -2.51. The Morgan fingerprint density at radius 3 is 2.88 bits per heavy atom. The number of nitrogens with one attached hydrogen (secondary N) is 2. The van der Waals surface area contributed by atoms with Gasteiger partial charge in [-0.1, -0.05) is 15.9 Å². The van der Waals surface area contributed by atoms with Crippen molar-refractivity contribution in [2.75, 3.05) is 11.9 Å². The molecule has 1 aromatic rings. The molecule has 0 saturated carbocycles. The molecule has 2 N–H and O–H groups in total. The number of hydrogen-bond donors (Lipinski definition) is 2. The van der Waals surface area contributed by atoms with Gasteiger partial charge in [0.2, 0.25) is 17.7 Å². The number of amides is 3. The zero-order chi connectivity index (χ0) is 17.3. The van der Waals surface area contributed by atoms with Gasteiger partial charge in [-0.05, 0) is 49.9 Å². The summed E-state index contributed by atoms with van der Waals surface area (Å²) >= 11 is 3.43. The topological polar surface area (TPSA) is 78.5 Å². The molecule has 24 heavy (non-hydrogen) atoms. The number of benzene rings is 1. The van der Waals surface area contributed by atoms with E-state index in [9.17, 15) is 14.4 Å². The molecule has 0 spiro atoms. The highest BCUT2D eigenvalue weighted by molar-refractivity contribution is 9.10. The summed E-state index contributed by atoms with van der Waals surface area (Å²) in [6.45, 7) is 2.36. The molecule has 1 saturated heterocycles. The van der Waals surface area contributed by atoms with E-state index in [2.05, 4.69) is 26.6 Å². The largest absolute Gasteiger partial charge is 0.342 e. The van der Waals surface area contributed by atoms with Crippen molar-refractivity contribution in [1.29, 1.82) is 0 Å². The summed E-state index contributed by atoms with van der Waals surface area (Å²) in [6.07, 6.45) is 2.13. The van der Waals surface area contributed by atoms with E-state index in [1.54, 1.807) is 4.90 Å². The molecule has 2 heterocycles. The van der Waals surface area contributed by atoms with Crippen LogP contribution < -0.4 is 10.6 Å². The number of hydrogen-bond acceptors (Lipinski definition) is 3. The minimum atomic E-state index is -0.585. The Bertz CT molecular complexity index is 692. The van der Waals surface area contributed by atoms with Crippen LogP contribution in [0.5, 0.6) is 0 Å². The van der Waals surface area contributed by atoms with E-state index in [0.29, 0.717) is 32.2 Å². The maximum Gasteiger partial charge on any atom is 0.246 e. The zero-order valence-corrected chi connectivity index (χ0v) is 15.1. The second kappa shape index (κ2) is 6.93. The average molecular weight is 394 g/mol. The molecule has 2 aliphatic rings. The first-order valence-corrected chi connectivity index (χ1v) is 8.98. The van der Waals surface area contributed by atoms with Crippen LogP contribution >= 0.6 is 15.9 Å². The number of likely N-dealkylation sites (N-methyl/N-ethyl adjacent to an activating group) is 1. The molecule has 0 radical (unpaired) electrons. The van der Waals surface area contributed by atoms with Gasteiger partial charge in [0.1, 0.15) is 12.1 Å². The van der Waals surface area contributed by atoms with Crippen LogP contribution in [0.3, 0.4) is 0 Å². The molecule has 6 nitrogen and oxygen atoms in total. The number of aryl methyl sites for hydroxylation is 1. The van der Waals surface area contributed by atoms with E-state index >= 15 is 0 Å². The Morgan fingerprint density at radius 2 is 2.12 bits per heavy atom. The monoisotopic (exact) mass is 393 g/mol. The standard InChI is InChI=1S/C17H20BrN3O3/c1-2-21-14(7-8-15(21)22)17(24)20-13-5-3-10-9-11(18)4-6-12(10)19-16(13)23/h4,6,9,13-14H,2-3,5,7-8H2,1H3,(H,19,23)(H,20,24). The number of halogens is 1. The highest BCUT2D eigenvalue weighted by atomic mass is 79.9. The summed E-state index contributed by atoms with van der Waals surface area (Å²) < 4.78 is 0.959. The second-order valence-corrected chi connectivity index (χ2v) is 7.04. The van der Waals surface area contributed by atoms with Crippen molar-refractivity contribution in [2.24, 2.45) is 0 Å². The van der Waals surface area contributed by atoms with Gasteiger partial charge in [0, 0.05) is 23.1 Å². The molecule has 0 aromatic heterocycles. The molecule has 128 valence electrons. The predicted octanol–water partition coefficient (Wildman–Crippen LogP) is 1.83. The number of likely N-dealkylation sites (tertiary alicyclic amines) is 1. The molecule has 2 aliphatic heterocycles. The van der Waals surface area contributed by atoms with Crippen LogP contribution in [0.25, 0.3) is 0 Å². The Morgan fingerprint density at radius 1 is 1.33 bits per heavy atom. The van der Waals surface area contributed by atoms with E-state index in [1.165, 1.54) is 0 Å². The van der Waals surface area contributed by atoms with Crippen LogP contribution in [0.15, 0.2) is 22.7 Å². The summed E-state index contributed by atoms with van der Waals surface area (Å²) in [5, 5.41) is 5.70. The average Bonchev–Trinajstić information content (AvgIpc) is 2.86. The third kappa shape index (κ3) is 3.31. The number of carbonyl (C=O) groups is 3. The first-order valence-electron chi connectivity index (χ1n) is 8.18. The molecule has 3 rings (SSSR count). The molecule has 7 heteroatoms. The lowest BCUT2D eigenvalue weighted by Gasteiger charge is -2.24. The molecule has 2 atom stereocenters. The van der Waals surface area contributed by atoms with Crippen molar-refractivity contribution < 1.29 is 14.4 Å². The van der Waals surface area contributed by atoms with Gasteiger partial charge >= 0.3 is 0 Å². The molecule has 1 aromatic carbocycles. The Labute approximate surface area is 149 Å². The molecule has 1 fully saturated rings. The minimum Gasteiger partial charge on any atom is -0.342 e. The smallest absolute Gasteiger partial charge is 0.246 e. The number of anilines is 1. The summed E-state index contributed by atoms with van der Waals surface area (Å²) in [5.74, 6) is -0.452. The lowest BCUT2D eigenvalue weighted by molar-refractivity contribution is -0.136. The van der Waals surface area contributed by atoms with E-state index in [1.807, 2.05) is 25.1 Å². The fourth-order valence-electron chi connectivity index (χ4n) is 3.35. The number of rotatable bonds is 3. The van der Waals surface area contributed by atoms with Gasteiger partial charge in [0.05, 0.1) is 0 Å². The molecule has 0 aliphatic carbocycles. The highest BCUT2D eigenvalue weighted by Gasteiger charge is 2.36. The normalized spacial score (nSPS) is 23.5. The van der Waals surface area contributed by atoms with Crippen LogP contribution in [0.2, 0.25) is 0 Å². The van der Waals surface area contributed by atoms with Crippen molar-refractivity contribution in [3.05, 3.63) is 28.2 Å². The first kappa shape index (κ1) is 17.0. The third-order valence-electron chi connectivity index (χ3n) is 4.63. The maximum atomic E-state index is 12.5. The third-order valence-corrected chi connectivity index (χ3v) is 5.13. The quantitative estimate of drug-likeness (QED) is 0.821. The first-order chi connectivity index (χ1) is 11.5. The van der Waals surface area contributed by atoms with Gasteiger partial charge in [-0.3, -0.25) is 14.4 Å². The lowest BCUT2D eigenvalue weighted by atomic mass is 10.1. The van der Waals surface area contributed by atoms with E-state index in [-0.39, 0.29) is 17.7 Å². The van der Waals surface area contributed by atoms with Crippen LogP contribution in [0, 0.1) is 0 Å². The van der Waals surface area contributed by atoms with E-state index in [0.717, 1.165) is 15.7 Å². The fourth-order valence-corrected chi connectivity index (χ4v) is 3.76. The van der Waals surface area contributed by atoms with Crippen LogP contribution in [0.4, 0.5) is 5.69 Å². The fraction of sp³-hybridized carbons (Fsp3) is 0.471. The Kier molecular flexibility index (Phi) is 4.89. The van der Waals surface area contributed by atoms with Crippen LogP contribution in [-0.4, -0.2) is 41.2 Å². The highest BCUT2D eigenvalue weighted by Crippen LogP contribution is 2.26. The molecule has 2 unspecified atom stereocenters. The van der Waals surface area contributed by atoms with Crippen molar-refractivity contribution in [2.45, 2.75) is 44.7 Å². The van der Waals surface area contributed by atoms with Gasteiger partial charge in [-0.25, -0.2) is 0 Å². The van der Waals surface area contributed by atoms with Crippen molar-refractivity contribution in [3.63, 3.8) is 0 Å². The number of carbonyl (C=O) groups excluding carboxylic acids is 3. The molecule has 3 amide bonds. The summed E-state index contributed by atoms with van der Waals surface area (Å²) in [7, 11) is 0. The van der Waals surface area contributed by atoms with Gasteiger partial charge in [0.25, 0.3) is 0 Å². The molecule has 0 bridgehead atoms. The second-order valence-electron chi connectivity index (χ2n) is 6.12. The maximum absolute atomic E-state index is 12.5. The zero-order valence-electron chi connectivity index (χ0n) is 13.5. The summed E-state index contributed by atoms with van der Waals surface area (Å²) in [5.41, 5.74) is 1.83. The summed E-state index contributed by atoms with van der Waals surface area (Å²) in [6, 6.07) is 4.67. The van der Waals surface area contributed by atoms with Gasteiger partial charge in [-0.2, -0.15) is 0 Å². The molecular formula is C17H20BrN3O3. The van der Waals surface area contributed by atoms with E-state index in [4.69, 9.17) is 0 Å². The van der Waals surface area contributed by atoms with Crippen LogP contribution in [-0.2, 0) is 20.8 Å². The number of fused-ring (bicyclic) bond motifs is 1. The van der Waals surface area contributed by atoms with Gasteiger partial charge in [-0.15, -0.1) is 0 Å². The van der Waals surface area contributed by atoms with Crippen LogP contribution in [0.1, 0.15) is 31.7 Å². The van der Waals surface area contributed by atoms with Gasteiger partial charge in [0.15, 0.2) is 0 Å². The Hall–Kier alpha value is -1.89. The van der Waals surface area contributed by atoms with Crippen molar-refractivity contribution in [3.8, 4) is 0 Å². The summed E-state index contributed by atoms with van der Waals surface area (Å²) in [4.78, 5) is 38.3. The number of nitrogens with zero attached hydrogens (tertiary/aromatic N) is 1. The van der Waals surface area contributed by atoms with Gasteiger partial charge < -0.3 is 15.5 Å². The Balaban J connectivity index is 1.69. The van der Waals surface area contributed by atoms with E-state index < -0.39 is 12.1 Å². The molecular weight excluding hydrogens is 374 g/mol.